The van der Waals surface area contributed by atoms with E-state index in [1.807, 2.05) is 25.1 Å². The van der Waals surface area contributed by atoms with Crippen molar-refractivity contribution in [3.05, 3.63) is 28.2 Å². The molecule has 1 amide bonds. The summed E-state index contributed by atoms with van der Waals surface area (Å²) in [6.07, 6.45) is 0.897. The Labute approximate surface area is 129 Å². The van der Waals surface area contributed by atoms with E-state index in [1.165, 1.54) is 5.56 Å². The molecule has 112 valence electrons. The van der Waals surface area contributed by atoms with E-state index < -0.39 is 6.10 Å². The Kier molecular flexibility index (Phi) is 6.02. The summed E-state index contributed by atoms with van der Waals surface area (Å²) < 4.78 is 6.61. The highest BCUT2D eigenvalue weighted by molar-refractivity contribution is 9.10. The van der Waals surface area contributed by atoms with Crippen molar-refractivity contribution in [2.75, 3.05) is 0 Å². The minimum Gasteiger partial charge on any atom is -0.479 e. The molecule has 0 spiro atoms. The Balaban J connectivity index is 2.94. The first-order chi connectivity index (χ1) is 9.29. The third kappa shape index (κ3) is 4.49. The molecule has 0 heterocycles. The van der Waals surface area contributed by atoms with Crippen LogP contribution in [0.4, 0.5) is 0 Å². The van der Waals surface area contributed by atoms with Gasteiger partial charge in [0.15, 0.2) is 6.10 Å². The first-order valence-corrected chi connectivity index (χ1v) is 7.56. The van der Waals surface area contributed by atoms with Crippen LogP contribution in [0, 0.1) is 0 Å². The number of nitrogens with one attached hydrogen (secondary N) is 1. The highest BCUT2D eigenvalue weighted by Crippen LogP contribution is 2.32. The largest absolute Gasteiger partial charge is 0.479 e. The van der Waals surface area contributed by atoms with Crippen LogP contribution in [-0.2, 0) is 10.2 Å². The average molecular weight is 343 g/mol. The molecular weight excluding hydrogens is 320 g/mol. The second-order valence-corrected chi connectivity index (χ2v) is 6.65. The standard InChI is InChI=1S/C15H23BrN2O2/c1-5-6-13(14(19)18-17)20-12-8-7-10(9-11(12)16)15(2,3)4/h7-9,13H,5-6,17H2,1-4H3,(H,18,19). The second kappa shape index (κ2) is 7.09. The van der Waals surface area contributed by atoms with Crippen LogP contribution in [-0.4, -0.2) is 12.0 Å². The normalized spacial score (nSPS) is 12.9. The molecule has 0 radical (unpaired) electrons. The summed E-state index contributed by atoms with van der Waals surface area (Å²) in [6.45, 7) is 8.45. The van der Waals surface area contributed by atoms with Crippen LogP contribution in [0.1, 0.15) is 46.1 Å². The highest BCUT2D eigenvalue weighted by Gasteiger charge is 2.21. The van der Waals surface area contributed by atoms with Crippen LogP contribution in [0.15, 0.2) is 22.7 Å². The Bertz CT molecular complexity index is 469. The molecule has 1 rings (SSSR count). The lowest BCUT2D eigenvalue weighted by Gasteiger charge is -2.22. The summed E-state index contributed by atoms with van der Waals surface area (Å²) in [5.74, 6) is 5.53. The third-order valence-corrected chi connectivity index (χ3v) is 3.67. The molecule has 0 aliphatic heterocycles. The number of nitrogens with two attached hydrogens (primary N) is 1. The number of carbonyl (C=O) groups excluding carboxylic acids is 1. The molecule has 4 nitrogen and oxygen atoms in total. The van der Waals surface area contributed by atoms with Crippen LogP contribution in [0.5, 0.6) is 5.75 Å². The summed E-state index contributed by atoms with van der Waals surface area (Å²) in [5, 5.41) is 0. The zero-order valence-corrected chi connectivity index (χ0v) is 14.1. The molecule has 1 atom stereocenters. The Morgan fingerprint density at radius 3 is 2.55 bits per heavy atom. The van der Waals surface area contributed by atoms with Crippen molar-refractivity contribution >= 4 is 21.8 Å². The maximum atomic E-state index is 11.7. The minimum absolute atomic E-state index is 0.0680. The number of hydrogen-bond acceptors (Lipinski definition) is 3. The van der Waals surface area contributed by atoms with Crippen LogP contribution < -0.4 is 16.0 Å². The maximum Gasteiger partial charge on any atom is 0.274 e. The lowest BCUT2D eigenvalue weighted by atomic mass is 9.87. The summed E-state index contributed by atoms with van der Waals surface area (Å²) in [4.78, 5) is 11.7. The van der Waals surface area contributed by atoms with Gasteiger partial charge in [-0.1, -0.05) is 40.2 Å². The van der Waals surface area contributed by atoms with Gasteiger partial charge in [-0.2, -0.15) is 0 Å². The van der Waals surface area contributed by atoms with Crippen LogP contribution in [0.25, 0.3) is 0 Å². The van der Waals surface area contributed by atoms with E-state index in [-0.39, 0.29) is 11.3 Å². The van der Waals surface area contributed by atoms with Gasteiger partial charge in [0.05, 0.1) is 4.47 Å². The SMILES string of the molecule is CCCC(Oc1ccc(C(C)(C)C)cc1Br)C(=O)NN. The second-order valence-electron chi connectivity index (χ2n) is 5.80. The van der Waals surface area contributed by atoms with Gasteiger partial charge in [0.1, 0.15) is 5.75 Å². The number of hydrogen-bond donors (Lipinski definition) is 2. The first-order valence-electron chi connectivity index (χ1n) is 6.76. The Morgan fingerprint density at radius 1 is 1.45 bits per heavy atom. The molecule has 0 aliphatic carbocycles. The zero-order valence-electron chi connectivity index (χ0n) is 12.5. The van der Waals surface area contributed by atoms with E-state index in [0.29, 0.717) is 12.2 Å². The van der Waals surface area contributed by atoms with Gasteiger partial charge in [0.2, 0.25) is 0 Å². The van der Waals surface area contributed by atoms with Gasteiger partial charge in [-0.3, -0.25) is 10.2 Å². The summed E-state index contributed by atoms with van der Waals surface area (Å²) in [6, 6.07) is 5.93. The first kappa shape index (κ1) is 17.0. The predicted octanol–water partition coefficient (Wildman–Crippen LogP) is 3.28. The number of ether oxygens (including phenoxy) is 1. The van der Waals surface area contributed by atoms with Gasteiger partial charge >= 0.3 is 0 Å². The molecule has 20 heavy (non-hydrogen) atoms. The molecule has 0 aromatic heterocycles. The smallest absolute Gasteiger partial charge is 0.274 e. The number of halogens is 1. The van der Waals surface area contributed by atoms with Crippen molar-refractivity contribution in [1.82, 2.24) is 5.43 Å². The number of hydrazine groups is 1. The number of rotatable bonds is 5. The number of carbonyl (C=O) groups is 1. The Hall–Kier alpha value is -1.07. The highest BCUT2D eigenvalue weighted by atomic mass is 79.9. The number of benzene rings is 1. The van der Waals surface area contributed by atoms with Crippen molar-refractivity contribution in [2.24, 2.45) is 5.84 Å². The maximum absolute atomic E-state index is 11.7. The molecule has 1 aromatic rings. The number of amides is 1. The average Bonchev–Trinajstić information content (AvgIpc) is 2.38. The van der Waals surface area contributed by atoms with Gasteiger partial charge < -0.3 is 4.74 Å². The van der Waals surface area contributed by atoms with Crippen molar-refractivity contribution in [3.63, 3.8) is 0 Å². The van der Waals surface area contributed by atoms with Gasteiger partial charge in [0, 0.05) is 0 Å². The van der Waals surface area contributed by atoms with Crippen LogP contribution in [0.2, 0.25) is 0 Å². The van der Waals surface area contributed by atoms with Gasteiger partial charge in [0.25, 0.3) is 5.91 Å². The van der Waals surface area contributed by atoms with Crippen LogP contribution >= 0.6 is 15.9 Å². The van der Waals surface area contributed by atoms with E-state index >= 15 is 0 Å². The van der Waals surface area contributed by atoms with E-state index in [2.05, 4.69) is 42.1 Å². The van der Waals surface area contributed by atoms with Crippen molar-refractivity contribution in [2.45, 2.75) is 52.1 Å². The summed E-state index contributed by atoms with van der Waals surface area (Å²) in [7, 11) is 0. The summed E-state index contributed by atoms with van der Waals surface area (Å²) >= 11 is 3.50. The van der Waals surface area contributed by atoms with E-state index in [4.69, 9.17) is 10.6 Å². The summed E-state index contributed by atoms with van der Waals surface area (Å²) in [5.41, 5.74) is 3.41. The molecular formula is C15H23BrN2O2. The van der Waals surface area contributed by atoms with Crippen molar-refractivity contribution < 1.29 is 9.53 Å². The van der Waals surface area contributed by atoms with Gasteiger partial charge in [-0.15, -0.1) is 0 Å². The van der Waals surface area contributed by atoms with Crippen molar-refractivity contribution in [1.29, 1.82) is 0 Å². The van der Waals surface area contributed by atoms with E-state index in [9.17, 15) is 4.79 Å². The van der Waals surface area contributed by atoms with Crippen LogP contribution in [0.3, 0.4) is 0 Å². The molecule has 5 heteroatoms. The van der Waals surface area contributed by atoms with E-state index in [0.717, 1.165) is 10.9 Å². The fourth-order valence-corrected chi connectivity index (χ4v) is 2.29. The van der Waals surface area contributed by atoms with Crippen molar-refractivity contribution in [3.8, 4) is 5.75 Å². The van der Waals surface area contributed by atoms with Gasteiger partial charge in [-0.25, -0.2) is 5.84 Å². The quantitative estimate of drug-likeness (QED) is 0.490. The molecule has 3 N–H and O–H groups in total. The zero-order chi connectivity index (χ0) is 15.3. The molecule has 0 saturated heterocycles. The third-order valence-electron chi connectivity index (χ3n) is 3.05. The topological polar surface area (TPSA) is 64.3 Å². The minimum atomic E-state index is -0.568. The van der Waals surface area contributed by atoms with E-state index in [1.54, 1.807) is 0 Å². The monoisotopic (exact) mass is 342 g/mol. The Morgan fingerprint density at radius 2 is 2.10 bits per heavy atom. The predicted molar refractivity (Wildman–Crippen MR) is 84.5 cm³/mol. The fourth-order valence-electron chi connectivity index (χ4n) is 1.81. The fraction of sp³-hybridized carbons (Fsp3) is 0.533. The lowest BCUT2D eigenvalue weighted by Crippen LogP contribution is -2.42. The molecule has 0 bridgehead atoms. The lowest BCUT2D eigenvalue weighted by molar-refractivity contribution is -0.128. The van der Waals surface area contributed by atoms with Gasteiger partial charge in [-0.05, 0) is 45.5 Å². The molecule has 1 aromatic carbocycles. The molecule has 1 unspecified atom stereocenters. The molecule has 0 aliphatic rings. The molecule has 0 saturated carbocycles. The molecule has 0 fully saturated rings.